The van der Waals surface area contributed by atoms with E-state index in [1.165, 1.54) is 4.68 Å². The van der Waals surface area contributed by atoms with Crippen molar-refractivity contribution in [2.24, 2.45) is 0 Å². The van der Waals surface area contributed by atoms with E-state index >= 15 is 0 Å². The number of rotatable bonds is 5. The topological polar surface area (TPSA) is 38.1 Å². The molecule has 0 atom stereocenters. The molecule has 0 unspecified atom stereocenters. The van der Waals surface area contributed by atoms with Crippen molar-refractivity contribution in [1.29, 1.82) is 0 Å². The predicted molar refractivity (Wildman–Crippen MR) is 95.8 cm³/mol. The van der Waals surface area contributed by atoms with Crippen molar-refractivity contribution in [3.63, 3.8) is 0 Å². The summed E-state index contributed by atoms with van der Waals surface area (Å²) in [5.74, 6) is 1.27. The second-order valence-electron chi connectivity index (χ2n) is 5.33. The monoisotopic (exact) mass is 327 g/mol. The van der Waals surface area contributed by atoms with Crippen LogP contribution in [0, 0.1) is 0 Å². The van der Waals surface area contributed by atoms with Crippen molar-refractivity contribution < 1.29 is 0 Å². The van der Waals surface area contributed by atoms with Crippen LogP contribution in [0.3, 0.4) is 0 Å². The van der Waals surface area contributed by atoms with Crippen LogP contribution in [0.5, 0.6) is 0 Å². The summed E-state index contributed by atoms with van der Waals surface area (Å²) in [6.07, 6.45) is 0.710. The Morgan fingerprint density at radius 1 is 1.04 bits per heavy atom. The lowest BCUT2D eigenvalue weighted by Gasteiger charge is -2.21. The van der Waals surface area contributed by atoms with Gasteiger partial charge in [0.05, 0.1) is 5.39 Å². The van der Waals surface area contributed by atoms with E-state index in [9.17, 15) is 4.79 Å². The SMILES string of the molecule is CN(c1ccccc1)c1nn(CCCCl)c(=O)c2ccccc12. The van der Waals surface area contributed by atoms with E-state index in [2.05, 4.69) is 5.10 Å². The fraction of sp³-hybridized carbons (Fsp3) is 0.222. The number of aromatic nitrogens is 2. The number of nitrogens with zero attached hydrogens (tertiary/aromatic N) is 3. The van der Waals surface area contributed by atoms with E-state index in [1.807, 2.05) is 66.5 Å². The average Bonchev–Trinajstić information content (AvgIpc) is 2.61. The Balaban J connectivity index is 2.19. The molecule has 0 amide bonds. The Hall–Kier alpha value is -2.33. The fourth-order valence-electron chi connectivity index (χ4n) is 2.60. The molecule has 0 spiro atoms. The Labute approximate surface area is 139 Å². The van der Waals surface area contributed by atoms with Gasteiger partial charge in [-0.05, 0) is 24.6 Å². The number of aryl methyl sites for hydroxylation is 1. The van der Waals surface area contributed by atoms with Crippen LogP contribution in [0.25, 0.3) is 10.8 Å². The van der Waals surface area contributed by atoms with Gasteiger partial charge in [0.15, 0.2) is 5.82 Å². The fourth-order valence-corrected chi connectivity index (χ4v) is 2.72. The van der Waals surface area contributed by atoms with E-state index in [-0.39, 0.29) is 5.56 Å². The summed E-state index contributed by atoms with van der Waals surface area (Å²) in [5.41, 5.74) is 0.948. The highest BCUT2D eigenvalue weighted by molar-refractivity contribution is 6.17. The number of halogens is 1. The number of fused-ring (bicyclic) bond motifs is 1. The molecule has 3 rings (SSSR count). The van der Waals surface area contributed by atoms with Crippen molar-refractivity contribution in [2.75, 3.05) is 17.8 Å². The summed E-state index contributed by atoms with van der Waals surface area (Å²) in [6, 6.07) is 17.6. The van der Waals surface area contributed by atoms with Gasteiger partial charge in [-0.15, -0.1) is 11.6 Å². The molecule has 1 aromatic heterocycles. The molecule has 0 saturated carbocycles. The third kappa shape index (κ3) is 3.08. The number of hydrogen-bond donors (Lipinski definition) is 0. The predicted octanol–water partition coefficient (Wildman–Crippen LogP) is 3.79. The normalized spacial score (nSPS) is 10.9. The largest absolute Gasteiger partial charge is 0.328 e. The molecule has 5 heteroatoms. The smallest absolute Gasteiger partial charge is 0.274 e. The van der Waals surface area contributed by atoms with Gasteiger partial charge in [-0.2, -0.15) is 5.10 Å². The zero-order chi connectivity index (χ0) is 16.2. The highest BCUT2D eigenvalue weighted by Crippen LogP contribution is 2.27. The second kappa shape index (κ2) is 6.84. The maximum absolute atomic E-state index is 12.6. The van der Waals surface area contributed by atoms with E-state index in [0.29, 0.717) is 24.2 Å². The third-order valence-electron chi connectivity index (χ3n) is 3.81. The summed E-state index contributed by atoms with van der Waals surface area (Å²) in [7, 11) is 1.96. The lowest BCUT2D eigenvalue weighted by atomic mass is 10.1. The van der Waals surface area contributed by atoms with Crippen LogP contribution in [-0.2, 0) is 6.54 Å². The van der Waals surface area contributed by atoms with Crippen LogP contribution in [0.1, 0.15) is 6.42 Å². The van der Waals surface area contributed by atoms with Gasteiger partial charge in [-0.25, -0.2) is 4.68 Å². The molecule has 1 heterocycles. The maximum atomic E-state index is 12.6. The Morgan fingerprint density at radius 2 is 1.70 bits per heavy atom. The molecule has 23 heavy (non-hydrogen) atoms. The van der Waals surface area contributed by atoms with Gasteiger partial charge < -0.3 is 4.90 Å². The number of hydrogen-bond acceptors (Lipinski definition) is 3. The van der Waals surface area contributed by atoms with Crippen LogP contribution >= 0.6 is 11.6 Å². The zero-order valence-electron chi connectivity index (χ0n) is 12.9. The highest BCUT2D eigenvalue weighted by Gasteiger charge is 2.14. The summed E-state index contributed by atoms with van der Waals surface area (Å²) >= 11 is 5.77. The van der Waals surface area contributed by atoms with E-state index in [0.717, 1.165) is 16.9 Å². The minimum atomic E-state index is -0.0732. The van der Waals surface area contributed by atoms with Crippen molar-refractivity contribution in [3.8, 4) is 0 Å². The Bertz CT molecular complexity index is 861. The van der Waals surface area contributed by atoms with Gasteiger partial charge in [0, 0.05) is 30.5 Å². The Kier molecular flexibility index (Phi) is 4.63. The summed E-state index contributed by atoms with van der Waals surface area (Å²) < 4.78 is 1.51. The van der Waals surface area contributed by atoms with Crippen LogP contribution in [0.2, 0.25) is 0 Å². The molecule has 2 aromatic carbocycles. The minimum absolute atomic E-state index is 0.0732. The van der Waals surface area contributed by atoms with Gasteiger partial charge >= 0.3 is 0 Å². The highest BCUT2D eigenvalue weighted by atomic mass is 35.5. The average molecular weight is 328 g/mol. The Morgan fingerprint density at radius 3 is 2.39 bits per heavy atom. The maximum Gasteiger partial charge on any atom is 0.274 e. The molecule has 4 nitrogen and oxygen atoms in total. The summed E-state index contributed by atoms with van der Waals surface area (Å²) in [4.78, 5) is 14.6. The number of alkyl halides is 1. The van der Waals surface area contributed by atoms with Gasteiger partial charge in [0.2, 0.25) is 0 Å². The van der Waals surface area contributed by atoms with Crippen molar-refractivity contribution in [1.82, 2.24) is 9.78 Å². The first-order chi connectivity index (χ1) is 11.2. The first-order valence-corrected chi connectivity index (χ1v) is 8.10. The van der Waals surface area contributed by atoms with Crippen LogP contribution < -0.4 is 10.5 Å². The number of benzene rings is 2. The van der Waals surface area contributed by atoms with Crippen molar-refractivity contribution in [2.45, 2.75) is 13.0 Å². The molecule has 0 bridgehead atoms. The van der Waals surface area contributed by atoms with Gasteiger partial charge in [-0.3, -0.25) is 4.79 Å². The molecule has 0 aliphatic heterocycles. The van der Waals surface area contributed by atoms with Crippen molar-refractivity contribution in [3.05, 3.63) is 65.0 Å². The third-order valence-corrected chi connectivity index (χ3v) is 4.08. The van der Waals surface area contributed by atoms with Crippen molar-refractivity contribution >= 4 is 33.9 Å². The van der Waals surface area contributed by atoms with E-state index < -0.39 is 0 Å². The van der Waals surface area contributed by atoms with E-state index in [1.54, 1.807) is 0 Å². The quantitative estimate of drug-likeness (QED) is 0.669. The minimum Gasteiger partial charge on any atom is -0.328 e. The first kappa shape index (κ1) is 15.6. The second-order valence-corrected chi connectivity index (χ2v) is 5.71. The number of anilines is 2. The molecule has 0 aliphatic carbocycles. The van der Waals surface area contributed by atoms with Crippen LogP contribution in [-0.4, -0.2) is 22.7 Å². The molecule has 3 aromatic rings. The van der Waals surface area contributed by atoms with Gasteiger partial charge in [0.1, 0.15) is 0 Å². The molecule has 118 valence electrons. The first-order valence-electron chi connectivity index (χ1n) is 7.57. The molecule has 0 radical (unpaired) electrons. The molecule has 0 N–H and O–H groups in total. The molecule has 0 aliphatic rings. The van der Waals surface area contributed by atoms with Crippen LogP contribution in [0.4, 0.5) is 11.5 Å². The standard InChI is InChI=1S/C18H18ClN3O/c1-21(14-8-3-2-4-9-14)17-15-10-5-6-11-16(15)18(23)22(20-17)13-7-12-19/h2-6,8-11H,7,12-13H2,1H3. The van der Waals surface area contributed by atoms with Crippen LogP contribution in [0.15, 0.2) is 59.4 Å². The van der Waals surface area contributed by atoms with Gasteiger partial charge in [-0.1, -0.05) is 36.4 Å². The lowest BCUT2D eigenvalue weighted by molar-refractivity contribution is 0.576. The van der Waals surface area contributed by atoms with Gasteiger partial charge in [0.25, 0.3) is 5.56 Å². The molecular weight excluding hydrogens is 310 g/mol. The molecule has 0 fully saturated rings. The zero-order valence-corrected chi connectivity index (χ0v) is 13.7. The molecule has 0 saturated heterocycles. The summed E-state index contributed by atoms with van der Waals surface area (Å²) in [6.45, 7) is 0.517. The van der Waals surface area contributed by atoms with E-state index in [4.69, 9.17) is 11.6 Å². The lowest BCUT2D eigenvalue weighted by Crippen LogP contribution is -2.26. The molecular formula is C18H18ClN3O. The summed E-state index contributed by atoms with van der Waals surface area (Å²) in [5, 5.41) is 6.11. The number of para-hydroxylation sites is 1.